The number of hydrogen-bond acceptors (Lipinski definition) is 5. The van der Waals surface area contributed by atoms with E-state index in [2.05, 4.69) is 67.4 Å². The van der Waals surface area contributed by atoms with Gasteiger partial charge in [0.25, 0.3) is 0 Å². The van der Waals surface area contributed by atoms with Gasteiger partial charge in [0.1, 0.15) is 5.01 Å². The van der Waals surface area contributed by atoms with E-state index in [0.717, 1.165) is 26.2 Å². The third kappa shape index (κ3) is 7.62. The first kappa shape index (κ1) is 16.6. The van der Waals surface area contributed by atoms with Gasteiger partial charge in [-0.1, -0.05) is 0 Å². The molecule has 0 aliphatic heterocycles. The molecule has 0 spiro atoms. The maximum Gasteiger partial charge on any atom is 0.107 e. The third-order valence-electron chi connectivity index (χ3n) is 2.73. The highest BCUT2D eigenvalue weighted by Crippen LogP contribution is 2.12. The maximum absolute atomic E-state index is 4.68. The molecule has 0 aliphatic rings. The largest absolute Gasteiger partial charge is 0.308 e. The SMILES string of the molecule is CN(C)CCN(C)Cc1csc(CNC(C)(C)C)n1. The van der Waals surface area contributed by atoms with Crippen LogP contribution in [0.1, 0.15) is 31.5 Å². The van der Waals surface area contributed by atoms with Gasteiger partial charge in [0.15, 0.2) is 0 Å². The number of nitrogens with one attached hydrogen (secondary N) is 1. The van der Waals surface area contributed by atoms with Crippen LogP contribution in [0.25, 0.3) is 0 Å². The first-order chi connectivity index (χ1) is 8.76. The Kier molecular flexibility index (Phi) is 6.39. The predicted molar refractivity (Wildman–Crippen MR) is 83.6 cm³/mol. The Hall–Kier alpha value is -0.490. The van der Waals surface area contributed by atoms with E-state index < -0.39 is 0 Å². The van der Waals surface area contributed by atoms with Crippen molar-refractivity contribution >= 4 is 11.3 Å². The van der Waals surface area contributed by atoms with Crippen LogP contribution >= 0.6 is 11.3 Å². The van der Waals surface area contributed by atoms with Gasteiger partial charge < -0.3 is 10.2 Å². The number of nitrogens with zero attached hydrogens (tertiary/aromatic N) is 3. The summed E-state index contributed by atoms with van der Waals surface area (Å²) in [6.07, 6.45) is 0. The zero-order chi connectivity index (χ0) is 14.5. The molecule has 4 nitrogen and oxygen atoms in total. The van der Waals surface area contributed by atoms with Crippen molar-refractivity contribution in [1.29, 1.82) is 0 Å². The molecule has 0 fully saturated rings. The van der Waals surface area contributed by atoms with Crippen LogP contribution in [0.5, 0.6) is 0 Å². The minimum Gasteiger partial charge on any atom is -0.308 e. The van der Waals surface area contributed by atoms with E-state index in [0.29, 0.717) is 0 Å². The molecule has 0 amide bonds. The van der Waals surface area contributed by atoms with Crippen molar-refractivity contribution in [2.24, 2.45) is 0 Å². The molecule has 1 N–H and O–H groups in total. The van der Waals surface area contributed by atoms with Crippen molar-refractivity contribution in [2.45, 2.75) is 39.4 Å². The first-order valence-electron chi connectivity index (χ1n) is 6.78. The summed E-state index contributed by atoms with van der Waals surface area (Å²) >= 11 is 1.75. The molecule has 1 rings (SSSR count). The van der Waals surface area contributed by atoms with Crippen LogP contribution < -0.4 is 5.32 Å². The van der Waals surface area contributed by atoms with Crippen molar-refractivity contribution < 1.29 is 0 Å². The Morgan fingerprint density at radius 2 is 1.89 bits per heavy atom. The van der Waals surface area contributed by atoms with Gasteiger partial charge in [-0.25, -0.2) is 4.98 Å². The molecule has 5 heteroatoms. The van der Waals surface area contributed by atoms with Crippen LogP contribution in [0.4, 0.5) is 0 Å². The molecule has 0 unspecified atom stereocenters. The lowest BCUT2D eigenvalue weighted by atomic mass is 10.1. The molecule has 0 aromatic carbocycles. The molecule has 0 radical (unpaired) electrons. The standard InChI is InChI=1S/C14H28N4S/c1-14(2,3)15-9-13-16-12(11-19-13)10-18(6)8-7-17(4)5/h11,15H,7-10H2,1-6H3. The van der Waals surface area contributed by atoms with Gasteiger partial charge in [-0.05, 0) is 41.9 Å². The van der Waals surface area contributed by atoms with Gasteiger partial charge >= 0.3 is 0 Å². The molecule has 0 saturated heterocycles. The molecule has 1 heterocycles. The number of likely N-dealkylation sites (N-methyl/N-ethyl adjacent to an activating group) is 2. The summed E-state index contributed by atoms with van der Waals surface area (Å²) in [6.45, 7) is 10.5. The predicted octanol–water partition coefficient (Wildman–Crippen LogP) is 2.02. The van der Waals surface area contributed by atoms with Crippen LogP contribution in [0, 0.1) is 0 Å². The highest BCUT2D eigenvalue weighted by molar-refractivity contribution is 7.09. The average molecular weight is 284 g/mol. The van der Waals surface area contributed by atoms with Gasteiger partial charge in [-0.2, -0.15) is 0 Å². The van der Waals surface area contributed by atoms with E-state index in [-0.39, 0.29) is 5.54 Å². The molecular formula is C14H28N4S. The zero-order valence-electron chi connectivity index (χ0n) is 13.2. The van der Waals surface area contributed by atoms with E-state index >= 15 is 0 Å². The minimum atomic E-state index is 0.147. The fourth-order valence-corrected chi connectivity index (χ4v) is 2.29. The van der Waals surface area contributed by atoms with Crippen LogP contribution in [0.2, 0.25) is 0 Å². The second-order valence-electron chi connectivity index (χ2n) is 6.38. The second kappa shape index (κ2) is 7.33. The van der Waals surface area contributed by atoms with Gasteiger partial charge in [-0.15, -0.1) is 11.3 Å². The Bertz CT molecular complexity index is 368. The molecule has 110 valence electrons. The van der Waals surface area contributed by atoms with Gasteiger partial charge in [0.05, 0.1) is 5.69 Å². The number of aromatic nitrogens is 1. The molecule has 19 heavy (non-hydrogen) atoms. The molecule has 1 aromatic rings. The highest BCUT2D eigenvalue weighted by atomic mass is 32.1. The molecule has 0 bridgehead atoms. The summed E-state index contributed by atoms with van der Waals surface area (Å²) in [5.41, 5.74) is 1.32. The van der Waals surface area contributed by atoms with Gasteiger partial charge in [0.2, 0.25) is 0 Å². The van der Waals surface area contributed by atoms with Crippen molar-refractivity contribution in [3.63, 3.8) is 0 Å². The fraction of sp³-hybridized carbons (Fsp3) is 0.786. The molecule has 0 saturated carbocycles. The first-order valence-corrected chi connectivity index (χ1v) is 7.66. The smallest absolute Gasteiger partial charge is 0.107 e. The van der Waals surface area contributed by atoms with Crippen molar-refractivity contribution in [3.8, 4) is 0 Å². The monoisotopic (exact) mass is 284 g/mol. The van der Waals surface area contributed by atoms with Crippen LogP contribution in [0.15, 0.2) is 5.38 Å². The van der Waals surface area contributed by atoms with E-state index in [9.17, 15) is 0 Å². The van der Waals surface area contributed by atoms with Gasteiger partial charge in [0, 0.05) is 37.1 Å². The van der Waals surface area contributed by atoms with E-state index in [1.165, 1.54) is 10.7 Å². The number of rotatable bonds is 7. The summed E-state index contributed by atoms with van der Waals surface area (Å²) in [6, 6.07) is 0. The fourth-order valence-electron chi connectivity index (χ4n) is 1.57. The third-order valence-corrected chi connectivity index (χ3v) is 3.63. The second-order valence-corrected chi connectivity index (χ2v) is 7.32. The summed E-state index contributed by atoms with van der Waals surface area (Å²) in [4.78, 5) is 9.20. The van der Waals surface area contributed by atoms with Crippen molar-refractivity contribution in [3.05, 3.63) is 16.1 Å². The summed E-state index contributed by atoms with van der Waals surface area (Å²) in [5, 5.41) is 6.82. The Labute approximate surface area is 121 Å². The lowest BCUT2D eigenvalue weighted by molar-refractivity contribution is 0.274. The van der Waals surface area contributed by atoms with Crippen molar-refractivity contribution in [1.82, 2.24) is 20.1 Å². The Balaban J connectivity index is 2.38. The van der Waals surface area contributed by atoms with Gasteiger partial charge in [-0.3, -0.25) is 4.90 Å². The summed E-state index contributed by atoms with van der Waals surface area (Å²) < 4.78 is 0. The molecule has 0 atom stereocenters. The lowest BCUT2D eigenvalue weighted by Crippen LogP contribution is -2.35. The van der Waals surface area contributed by atoms with E-state index in [1.54, 1.807) is 11.3 Å². The van der Waals surface area contributed by atoms with Crippen LogP contribution in [-0.4, -0.2) is 54.6 Å². The number of hydrogen-bond donors (Lipinski definition) is 1. The van der Waals surface area contributed by atoms with Crippen molar-refractivity contribution in [2.75, 3.05) is 34.2 Å². The Morgan fingerprint density at radius 3 is 2.47 bits per heavy atom. The Morgan fingerprint density at radius 1 is 1.21 bits per heavy atom. The number of thiazole rings is 1. The summed E-state index contributed by atoms with van der Waals surface area (Å²) in [7, 11) is 6.36. The van der Waals surface area contributed by atoms with E-state index in [4.69, 9.17) is 0 Å². The maximum atomic E-state index is 4.68. The quantitative estimate of drug-likeness (QED) is 0.830. The van der Waals surface area contributed by atoms with Crippen LogP contribution in [0.3, 0.4) is 0 Å². The molecular weight excluding hydrogens is 256 g/mol. The van der Waals surface area contributed by atoms with Crippen LogP contribution in [-0.2, 0) is 13.1 Å². The highest BCUT2D eigenvalue weighted by Gasteiger charge is 2.11. The normalized spacial score (nSPS) is 12.6. The average Bonchev–Trinajstić information content (AvgIpc) is 2.70. The molecule has 0 aliphatic carbocycles. The zero-order valence-corrected chi connectivity index (χ0v) is 14.0. The summed E-state index contributed by atoms with van der Waals surface area (Å²) in [5.74, 6) is 0. The lowest BCUT2D eigenvalue weighted by Gasteiger charge is -2.19. The van der Waals surface area contributed by atoms with E-state index in [1.807, 2.05) is 0 Å². The minimum absolute atomic E-state index is 0.147. The topological polar surface area (TPSA) is 31.4 Å². The molecule has 1 aromatic heterocycles.